The van der Waals surface area contributed by atoms with E-state index in [-0.39, 0.29) is 12.5 Å². The SMILES string of the molecule is Cc1nc(NCC(=O)N2CCc3sccc3C2)c2c(-c3ccccc3)csc2n1. The summed E-state index contributed by atoms with van der Waals surface area (Å²) in [5.74, 6) is 1.53. The zero-order valence-corrected chi connectivity index (χ0v) is 17.6. The number of rotatable bonds is 4. The largest absolute Gasteiger partial charge is 0.360 e. The zero-order valence-electron chi connectivity index (χ0n) is 16.0. The van der Waals surface area contributed by atoms with Gasteiger partial charge in [-0.25, -0.2) is 9.97 Å². The number of carbonyl (C=O) groups excluding carboxylic acids is 1. The third kappa shape index (κ3) is 3.52. The normalized spacial score (nSPS) is 13.5. The first-order valence-electron chi connectivity index (χ1n) is 9.57. The average Bonchev–Trinajstić information content (AvgIpc) is 3.38. The molecule has 1 aromatic carbocycles. The van der Waals surface area contributed by atoms with Crippen LogP contribution in [0, 0.1) is 6.92 Å². The van der Waals surface area contributed by atoms with Gasteiger partial charge in [-0.1, -0.05) is 30.3 Å². The van der Waals surface area contributed by atoms with Crippen LogP contribution in [-0.2, 0) is 17.8 Å². The molecule has 1 N–H and O–H groups in total. The number of nitrogens with zero attached hydrogens (tertiary/aromatic N) is 3. The van der Waals surface area contributed by atoms with Crippen LogP contribution < -0.4 is 5.32 Å². The Labute approximate surface area is 177 Å². The van der Waals surface area contributed by atoms with Crippen LogP contribution in [0.15, 0.2) is 47.2 Å². The number of amides is 1. The van der Waals surface area contributed by atoms with Crippen molar-refractivity contribution >= 4 is 44.6 Å². The van der Waals surface area contributed by atoms with Gasteiger partial charge in [0.2, 0.25) is 5.91 Å². The molecule has 1 amide bonds. The maximum Gasteiger partial charge on any atom is 0.242 e. The second-order valence-corrected chi connectivity index (χ2v) is 8.96. The molecule has 146 valence electrons. The highest BCUT2D eigenvalue weighted by atomic mass is 32.1. The van der Waals surface area contributed by atoms with Crippen LogP contribution in [0.25, 0.3) is 21.3 Å². The van der Waals surface area contributed by atoms with E-state index in [1.165, 1.54) is 10.4 Å². The molecule has 1 aliphatic rings. The van der Waals surface area contributed by atoms with Crippen molar-refractivity contribution in [3.05, 3.63) is 63.4 Å². The smallest absolute Gasteiger partial charge is 0.242 e. The molecule has 4 heterocycles. The summed E-state index contributed by atoms with van der Waals surface area (Å²) < 4.78 is 0. The van der Waals surface area contributed by atoms with Crippen molar-refractivity contribution in [3.63, 3.8) is 0 Å². The second-order valence-electron chi connectivity index (χ2n) is 7.10. The fraction of sp³-hybridized carbons (Fsp3) is 0.227. The molecule has 5 rings (SSSR count). The maximum absolute atomic E-state index is 12.8. The summed E-state index contributed by atoms with van der Waals surface area (Å²) in [5.41, 5.74) is 3.50. The third-order valence-electron chi connectivity index (χ3n) is 5.20. The molecule has 29 heavy (non-hydrogen) atoms. The number of fused-ring (bicyclic) bond motifs is 2. The van der Waals surface area contributed by atoms with Crippen molar-refractivity contribution in [1.29, 1.82) is 0 Å². The highest BCUT2D eigenvalue weighted by molar-refractivity contribution is 7.17. The van der Waals surface area contributed by atoms with Crippen molar-refractivity contribution in [2.75, 3.05) is 18.4 Å². The summed E-state index contributed by atoms with van der Waals surface area (Å²) in [6.45, 7) is 3.59. The van der Waals surface area contributed by atoms with Gasteiger partial charge in [0.15, 0.2) is 0 Å². The van der Waals surface area contributed by atoms with E-state index in [1.807, 2.05) is 30.0 Å². The van der Waals surface area contributed by atoms with Crippen LogP contribution in [-0.4, -0.2) is 33.9 Å². The summed E-state index contributed by atoms with van der Waals surface area (Å²) in [7, 11) is 0. The molecule has 0 bridgehead atoms. The number of aryl methyl sites for hydroxylation is 1. The minimum atomic E-state index is 0.0998. The van der Waals surface area contributed by atoms with Crippen molar-refractivity contribution < 1.29 is 4.79 Å². The molecule has 3 aromatic heterocycles. The van der Waals surface area contributed by atoms with E-state index in [2.05, 4.69) is 44.2 Å². The fourth-order valence-electron chi connectivity index (χ4n) is 3.74. The Morgan fingerprint density at radius 2 is 2.03 bits per heavy atom. The Morgan fingerprint density at radius 1 is 1.17 bits per heavy atom. The number of aromatic nitrogens is 2. The van der Waals surface area contributed by atoms with E-state index in [0.717, 1.165) is 40.1 Å². The molecular weight excluding hydrogens is 400 g/mol. The summed E-state index contributed by atoms with van der Waals surface area (Å²) in [4.78, 5) is 26.3. The second kappa shape index (κ2) is 7.57. The van der Waals surface area contributed by atoms with Gasteiger partial charge in [0.05, 0.1) is 11.9 Å². The predicted octanol–water partition coefficient (Wildman–Crippen LogP) is 4.73. The summed E-state index contributed by atoms with van der Waals surface area (Å²) in [6, 6.07) is 12.4. The molecule has 7 heteroatoms. The van der Waals surface area contributed by atoms with E-state index in [1.54, 1.807) is 22.7 Å². The molecule has 0 saturated heterocycles. The highest BCUT2D eigenvalue weighted by Crippen LogP contribution is 2.36. The van der Waals surface area contributed by atoms with Gasteiger partial charge in [0.25, 0.3) is 0 Å². The van der Waals surface area contributed by atoms with Crippen molar-refractivity contribution in [3.8, 4) is 11.1 Å². The standard InChI is InChI=1S/C22H20N4OS2/c1-14-24-21(20-17(13-29-22(20)25-14)15-5-3-2-4-6-15)23-11-19(27)26-9-7-18-16(12-26)8-10-28-18/h2-6,8,10,13H,7,9,11-12H2,1H3,(H,23,24,25). The van der Waals surface area contributed by atoms with Crippen molar-refractivity contribution in [1.82, 2.24) is 14.9 Å². The van der Waals surface area contributed by atoms with Gasteiger partial charge in [0.1, 0.15) is 16.5 Å². The van der Waals surface area contributed by atoms with Crippen LogP contribution in [0.4, 0.5) is 5.82 Å². The van der Waals surface area contributed by atoms with Crippen molar-refractivity contribution in [2.45, 2.75) is 19.9 Å². The number of anilines is 1. The molecule has 4 aromatic rings. The molecule has 5 nitrogen and oxygen atoms in total. The number of nitrogens with one attached hydrogen (secondary N) is 1. The summed E-state index contributed by atoms with van der Waals surface area (Å²) >= 11 is 3.39. The first kappa shape index (κ1) is 18.3. The molecular formula is C22H20N4OS2. The Morgan fingerprint density at radius 3 is 2.90 bits per heavy atom. The minimum absolute atomic E-state index is 0.0998. The van der Waals surface area contributed by atoms with Gasteiger partial charge in [-0.3, -0.25) is 4.79 Å². The molecule has 0 unspecified atom stereocenters. The van der Waals surface area contributed by atoms with Gasteiger partial charge >= 0.3 is 0 Å². The van der Waals surface area contributed by atoms with E-state index >= 15 is 0 Å². The predicted molar refractivity (Wildman–Crippen MR) is 120 cm³/mol. The van der Waals surface area contributed by atoms with Crippen LogP contribution in [0.5, 0.6) is 0 Å². The maximum atomic E-state index is 12.8. The van der Waals surface area contributed by atoms with E-state index < -0.39 is 0 Å². The van der Waals surface area contributed by atoms with E-state index in [4.69, 9.17) is 0 Å². The number of benzene rings is 1. The topological polar surface area (TPSA) is 58.1 Å². The van der Waals surface area contributed by atoms with Gasteiger partial charge in [0, 0.05) is 28.9 Å². The summed E-state index contributed by atoms with van der Waals surface area (Å²) in [6.07, 6.45) is 0.943. The molecule has 0 aliphatic carbocycles. The first-order chi connectivity index (χ1) is 14.2. The van der Waals surface area contributed by atoms with Gasteiger partial charge in [-0.05, 0) is 35.9 Å². The number of carbonyl (C=O) groups is 1. The van der Waals surface area contributed by atoms with Gasteiger partial charge < -0.3 is 10.2 Å². The van der Waals surface area contributed by atoms with Crippen LogP contribution in [0.3, 0.4) is 0 Å². The molecule has 0 radical (unpaired) electrons. The lowest BCUT2D eigenvalue weighted by Crippen LogP contribution is -2.38. The number of hydrogen-bond donors (Lipinski definition) is 1. The lowest BCUT2D eigenvalue weighted by Gasteiger charge is -2.27. The Kier molecular flexibility index (Phi) is 4.77. The Bertz CT molecular complexity index is 1180. The minimum Gasteiger partial charge on any atom is -0.360 e. The average molecular weight is 421 g/mol. The van der Waals surface area contributed by atoms with Gasteiger partial charge in [-0.15, -0.1) is 22.7 Å². The fourth-order valence-corrected chi connectivity index (χ4v) is 5.62. The lowest BCUT2D eigenvalue weighted by atomic mass is 10.1. The highest BCUT2D eigenvalue weighted by Gasteiger charge is 2.22. The Hall–Kier alpha value is -2.77. The van der Waals surface area contributed by atoms with Crippen LogP contribution in [0.2, 0.25) is 0 Å². The number of hydrogen-bond acceptors (Lipinski definition) is 6. The zero-order chi connectivity index (χ0) is 19.8. The molecule has 0 spiro atoms. The van der Waals surface area contributed by atoms with Crippen molar-refractivity contribution in [2.24, 2.45) is 0 Å². The molecule has 0 saturated carbocycles. The van der Waals surface area contributed by atoms with Crippen LogP contribution in [0.1, 0.15) is 16.3 Å². The third-order valence-corrected chi connectivity index (χ3v) is 7.09. The lowest BCUT2D eigenvalue weighted by molar-refractivity contribution is -0.130. The monoisotopic (exact) mass is 420 g/mol. The molecule has 0 atom stereocenters. The first-order valence-corrected chi connectivity index (χ1v) is 11.3. The quantitative estimate of drug-likeness (QED) is 0.519. The molecule has 1 aliphatic heterocycles. The van der Waals surface area contributed by atoms with Gasteiger partial charge in [-0.2, -0.15) is 0 Å². The van der Waals surface area contributed by atoms with E-state index in [9.17, 15) is 4.79 Å². The Balaban J connectivity index is 1.40. The number of thiophene rings is 2. The summed E-state index contributed by atoms with van der Waals surface area (Å²) in [5, 5.41) is 8.52. The van der Waals surface area contributed by atoms with Crippen LogP contribution >= 0.6 is 22.7 Å². The van der Waals surface area contributed by atoms with E-state index in [0.29, 0.717) is 12.4 Å². The molecule has 0 fully saturated rings.